The van der Waals surface area contributed by atoms with Crippen LogP contribution in [0.15, 0.2) is 24.3 Å². The zero-order valence-corrected chi connectivity index (χ0v) is 11.7. The summed E-state index contributed by atoms with van der Waals surface area (Å²) < 4.78 is 10.4. The first-order chi connectivity index (χ1) is 9.60. The largest absolute Gasteiger partial charge is 0.465 e. The second-order valence-electron chi connectivity index (χ2n) is 4.89. The third kappa shape index (κ3) is 3.57. The first kappa shape index (κ1) is 14.5. The van der Waals surface area contributed by atoms with E-state index in [0.29, 0.717) is 12.2 Å². The fourth-order valence-corrected chi connectivity index (χ4v) is 2.40. The lowest BCUT2D eigenvalue weighted by atomic mass is 9.96. The molecule has 1 aromatic carbocycles. The molecule has 0 aliphatic carbocycles. The summed E-state index contributed by atoms with van der Waals surface area (Å²) in [5.74, 6) is -0.367. The first-order valence-electron chi connectivity index (χ1n) is 6.67. The van der Waals surface area contributed by atoms with Crippen molar-refractivity contribution in [1.29, 1.82) is 0 Å². The van der Waals surface area contributed by atoms with Gasteiger partial charge in [0.1, 0.15) is 0 Å². The van der Waals surface area contributed by atoms with Crippen LogP contribution in [-0.4, -0.2) is 31.6 Å². The Morgan fingerprint density at radius 2 is 2.00 bits per heavy atom. The third-order valence-corrected chi connectivity index (χ3v) is 3.39. The molecule has 1 aliphatic rings. The zero-order valence-electron chi connectivity index (χ0n) is 11.7. The van der Waals surface area contributed by atoms with Crippen molar-refractivity contribution in [2.45, 2.75) is 31.9 Å². The molecule has 0 aromatic heterocycles. The average molecular weight is 277 g/mol. The lowest BCUT2D eigenvalue weighted by Crippen LogP contribution is -2.38. The van der Waals surface area contributed by atoms with E-state index in [0.717, 1.165) is 18.4 Å². The van der Waals surface area contributed by atoms with E-state index in [1.807, 2.05) is 12.1 Å². The minimum absolute atomic E-state index is 0.0170. The summed E-state index contributed by atoms with van der Waals surface area (Å²) in [6.07, 6.45) is 1.53. The summed E-state index contributed by atoms with van der Waals surface area (Å²) in [5.41, 5.74) is 1.53. The molecule has 5 heteroatoms. The number of methoxy groups -OCH3 is 1. The molecular formula is C15H19NO4. The number of carbonyl (C=O) groups excluding carboxylic acids is 2. The Labute approximate surface area is 118 Å². The molecule has 0 radical (unpaired) electrons. The number of hydrogen-bond acceptors (Lipinski definition) is 4. The minimum Gasteiger partial charge on any atom is -0.465 e. The van der Waals surface area contributed by atoms with Gasteiger partial charge in [0.25, 0.3) is 0 Å². The predicted octanol–water partition coefficient (Wildman–Crippen LogP) is 1.83. The van der Waals surface area contributed by atoms with Crippen LogP contribution in [0, 0.1) is 0 Å². The highest BCUT2D eigenvalue weighted by atomic mass is 16.5. The highest BCUT2D eigenvalue weighted by Crippen LogP contribution is 2.28. The summed E-state index contributed by atoms with van der Waals surface area (Å²) in [6, 6.07) is 7.34. The molecule has 108 valence electrons. The van der Waals surface area contributed by atoms with Crippen LogP contribution in [0.3, 0.4) is 0 Å². The summed E-state index contributed by atoms with van der Waals surface area (Å²) in [4.78, 5) is 22.5. The highest BCUT2D eigenvalue weighted by molar-refractivity contribution is 5.89. The van der Waals surface area contributed by atoms with Gasteiger partial charge < -0.3 is 14.8 Å². The smallest absolute Gasteiger partial charge is 0.337 e. The van der Waals surface area contributed by atoms with E-state index in [1.54, 1.807) is 12.1 Å². The van der Waals surface area contributed by atoms with Gasteiger partial charge in [0, 0.05) is 19.6 Å². The van der Waals surface area contributed by atoms with Crippen molar-refractivity contribution in [2.24, 2.45) is 0 Å². The number of benzene rings is 1. The van der Waals surface area contributed by atoms with Gasteiger partial charge in [0.15, 0.2) is 0 Å². The average Bonchev–Trinajstić information content (AvgIpc) is 2.46. The predicted molar refractivity (Wildman–Crippen MR) is 73.3 cm³/mol. The number of rotatable bonds is 3. The Morgan fingerprint density at radius 3 is 2.60 bits per heavy atom. The molecule has 1 heterocycles. The van der Waals surface area contributed by atoms with Crippen LogP contribution in [0.5, 0.6) is 0 Å². The topological polar surface area (TPSA) is 64.6 Å². The SMILES string of the molecule is COC(=O)c1ccc([C@H]2C[C@@H](NC(C)=O)CCO2)cc1. The summed E-state index contributed by atoms with van der Waals surface area (Å²) in [6.45, 7) is 2.14. The van der Waals surface area contributed by atoms with E-state index in [9.17, 15) is 9.59 Å². The van der Waals surface area contributed by atoms with Crippen LogP contribution in [0.1, 0.15) is 41.8 Å². The van der Waals surface area contributed by atoms with Gasteiger partial charge in [0.05, 0.1) is 18.8 Å². The van der Waals surface area contributed by atoms with Crippen molar-refractivity contribution in [1.82, 2.24) is 5.32 Å². The van der Waals surface area contributed by atoms with E-state index >= 15 is 0 Å². The maximum atomic E-state index is 11.4. The highest BCUT2D eigenvalue weighted by Gasteiger charge is 2.24. The van der Waals surface area contributed by atoms with Gasteiger partial charge in [0.2, 0.25) is 5.91 Å². The molecule has 1 aliphatic heterocycles. The van der Waals surface area contributed by atoms with E-state index in [2.05, 4.69) is 10.1 Å². The van der Waals surface area contributed by atoms with Gasteiger partial charge in [-0.2, -0.15) is 0 Å². The van der Waals surface area contributed by atoms with Crippen LogP contribution >= 0.6 is 0 Å². The molecule has 0 saturated carbocycles. The molecule has 0 unspecified atom stereocenters. The summed E-state index contributed by atoms with van der Waals surface area (Å²) in [7, 11) is 1.36. The Morgan fingerprint density at radius 1 is 1.30 bits per heavy atom. The maximum Gasteiger partial charge on any atom is 0.337 e. The Hall–Kier alpha value is -1.88. The van der Waals surface area contributed by atoms with Crippen molar-refractivity contribution in [3.8, 4) is 0 Å². The Balaban J connectivity index is 2.03. The van der Waals surface area contributed by atoms with Gasteiger partial charge in [-0.15, -0.1) is 0 Å². The number of hydrogen-bond donors (Lipinski definition) is 1. The third-order valence-electron chi connectivity index (χ3n) is 3.39. The fourth-order valence-electron chi connectivity index (χ4n) is 2.40. The van der Waals surface area contributed by atoms with Crippen molar-refractivity contribution >= 4 is 11.9 Å². The van der Waals surface area contributed by atoms with Gasteiger partial charge in [-0.3, -0.25) is 4.79 Å². The quantitative estimate of drug-likeness (QED) is 0.856. The molecule has 1 fully saturated rings. The minimum atomic E-state index is -0.350. The van der Waals surface area contributed by atoms with E-state index < -0.39 is 0 Å². The van der Waals surface area contributed by atoms with Crippen LogP contribution < -0.4 is 5.32 Å². The number of amides is 1. The van der Waals surface area contributed by atoms with Crippen molar-refractivity contribution in [3.05, 3.63) is 35.4 Å². The standard InChI is InChI=1S/C15H19NO4/c1-10(17)16-13-7-8-20-14(9-13)11-3-5-12(6-4-11)15(18)19-2/h3-6,13-14H,7-9H2,1-2H3,(H,16,17)/t13-,14+/m0/s1. The number of ether oxygens (including phenoxy) is 2. The fraction of sp³-hybridized carbons (Fsp3) is 0.467. The molecule has 1 amide bonds. The first-order valence-corrected chi connectivity index (χ1v) is 6.67. The molecule has 1 saturated heterocycles. The molecular weight excluding hydrogens is 258 g/mol. The molecule has 1 aromatic rings. The van der Waals surface area contributed by atoms with Crippen molar-refractivity contribution in [2.75, 3.05) is 13.7 Å². The Kier molecular flexibility index (Phi) is 4.74. The lowest BCUT2D eigenvalue weighted by Gasteiger charge is -2.30. The zero-order chi connectivity index (χ0) is 14.5. The molecule has 2 atom stereocenters. The second kappa shape index (κ2) is 6.52. The van der Waals surface area contributed by atoms with E-state index in [4.69, 9.17) is 4.74 Å². The maximum absolute atomic E-state index is 11.4. The van der Waals surface area contributed by atoms with Gasteiger partial charge in [-0.25, -0.2) is 4.79 Å². The van der Waals surface area contributed by atoms with Gasteiger partial charge in [-0.1, -0.05) is 12.1 Å². The number of esters is 1. The summed E-state index contributed by atoms with van der Waals surface area (Å²) in [5, 5.41) is 2.93. The molecule has 1 N–H and O–H groups in total. The van der Waals surface area contributed by atoms with E-state index in [-0.39, 0.29) is 24.0 Å². The molecule has 5 nitrogen and oxygen atoms in total. The number of nitrogens with one attached hydrogen (secondary N) is 1. The lowest BCUT2D eigenvalue weighted by molar-refractivity contribution is -0.120. The Bertz CT molecular complexity index is 483. The van der Waals surface area contributed by atoms with Gasteiger partial charge in [-0.05, 0) is 30.5 Å². The van der Waals surface area contributed by atoms with Crippen LogP contribution in [0.2, 0.25) is 0 Å². The van der Waals surface area contributed by atoms with Crippen molar-refractivity contribution in [3.63, 3.8) is 0 Å². The van der Waals surface area contributed by atoms with Gasteiger partial charge >= 0.3 is 5.97 Å². The van der Waals surface area contributed by atoms with Crippen molar-refractivity contribution < 1.29 is 19.1 Å². The van der Waals surface area contributed by atoms with Crippen LogP contribution in [-0.2, 0) is 14.3 Å². The molecule has 0 spiro atoms. The summed E-state index contributed by atoms with van der Waals surface area (Å²) >= 11 is 0. The number of carbonyl (C=O) groups is 2. The second-order valence-corrected chi connectivity index (χ2v) is 4.89. The molecule has 0 bridgehead atoms. The van der Waals surface area contributed by atoms with E-state index in [1.165, 1.54) is 14.0 Å². The van der Waals surface area contributed by atoms with Crippen LogP contribution in [0.25, 0.3) is 0 Å². The molecule has 2 rings (SSSR count). The normalized spacial score (nSPS) is 22.1. The monoisotopic (exact) mass is 277 g/mol. The van der Waals surface area contributed by atoms with Crippen LogP contribution in [0.4, 0.5) is 0 Å². The molecule has 20 heavy (non-hydrogen) atoms.